The summed E-state index contributed by atoms with van der Waals surface area (Å²) in [7, 11) is 1.62. The van der Waals surface area contributed by atoms with E-state index < -0.39 is 0 Å². The lowest BCUT2D eigenvalue weighted by molar-refractivity contribution is -0.133. The molecule has 0 aliphatic carbocycles. The van der Waals surface area contributed by atoms with Crippen molar-refractivity contribution >= 4 is 22.8 Å². The van der Waals surface area contributed by atoms with E-state index in [1.165, 1.54) is 5.56 Å². The molecule has 0 saturated carbocycles. The lowest BCUT2D eigenvalue weighted by atomic mass is 10.1. The monoisotopic (exact) mass is 533 g/mol. The number of aryl methyl sites for hydroxylation is 1. The molecule has 1 aliphatic heterocycles. The molecule has 5 aromatic rings. The van der Waals surface area contributed by atoms with Gasteiger partial charge in [-0.15, -0.1) is 0 Å². The van der Waals surface area contributed by atoms with Gasteiger partial charge < -0.3 is 23.8 Å². The number of rotatable bonds is 7. The predicted octanol–water partition coefficient (Wildman–Crippen LogP) is 5.13. The first-order valence-corrected chi connectivity index (χ1v) is 13.4. The number of anilines is 1. The molecule has 3 aromatic carbocycles. The average Bonchev–Trinajstić information content (AvgIpc) is 3.41. The highest BCUT2D eigenvalue weighted by Crippen LogP contribution is 2.37. The second-order valence-electron chi connectivity index (χ2n) is 9.84. The number of carbonyl (C=O) groups is 1. The molecule has 1 fully saturated rings. The highest BCUT2D eigenvalue weighted by Gasteiger charge is 2.26. The number of aromatic nitrogens is 3. The van der Waals surface area contributed by atoms with Gasteiger partial charge in [0.05, 0.1) is 12.5 Å². The quantitative estimate of drug-likeness (QED) is 0.289. The van der Waals surface area contributed by atoms with Gasteiger partial charge in [0.1, 0.15) is 23.6 Å². The minimum absolute atomic E-state index is 0.00162. The highest BCUT2D eigenvalue weighted by molar-refractivity contribution is 6.02. The lowest BCUT2D eigenvalue weighted by Crippen LogP contribution is -2.50. The van der Waals surface area contributed by atoms with Crippen LogP contribution in [0.3, 0.4) is 0 Å². The average molecular weight is 534 g/mol. The molecule has 6 rings (SSSR count). The van der Waals surface area contributed by atoms with Crippen molar-refractivity contribution in [2.45, 2.75) is 6.92 Å². The van der Waals surface area contributed by atoms with Gasteiger partial charge in [0, 0.05) is 43.6 Å². The van der Waals surface area contributed by atoms with Crippen molar-refractivity contribution in [3.05, 3.63) is 97.0 Å². The van der Waals surface area contributed by atoms with Crippen LogP contribution in [0.2, 0.25) is 0 Å². The van der Waals surface area contributed by atoms with Crippen molar-refractivity contribution in [3.8, 4) is 28.3 Å². The SMILES string of the molecule is COc1ccc(OCC(=O)N2CCN(c3ncnc4c3c(-c3ccccc3)cn4-c3ccc(C)cc3)CC2)cc1. The number of piperazine rings is 1. The Morgan fingerprint density at radius 3 is 2.25 bits per heavy atom. The van der Waals surface area contributed by atoms with Crippen molar-refractivity contribution in [1.82, 2.24) is 19.4 Å². The maximum absolute atomic E-state index is 12.9. The van der Waals surface area contributed by atoms with Crippen molar-refractivity contribution in [2.24, 2.45) is 0 Å². The van der Waals surface area contributed by atoms with Crippen LogP contribution in [0.5, 0.6) is 11.5 Å². The van der Waals surface area contributed by atoms with Gasteiger partial charge in [0.25, 0.3) is 5.91 Å². The van der Waals surface area contributed by atoms with Gasteiger partial charge in [-0.05, 0) is 48.9 Å². The number of nitrogens with zero attached hydrogens (tertiary/aromatic N) is 5. The van der Waals surface area contributed by atoms with Crippen LogP contribution in [0.25, 0.3) is 27.8 Å². The minimum Gasteiger partial charge on any atom is -0.497 e. The van der Waals surface area contributed by atoms with E-state index >= 15 is 0 Å². The zero-order chi connectivity index (χ0) is 27.5. The first kappa shape index (κ1) is 25.4. The molecule has 0 spiro atoms. The van der Waals surface area contributed by atoms with E-state index in [1.807, 2.05) is 35.2 Å². The Kier molecular flexibility index (Phi) is 7.06. The molecule has 202 valence electrons. The van der Waals surface area contributed by atoms with Gasteiger partial charge in [0.15, 0.2) is 12.3 Å². The molecule has 1 amide bonds. The summed E-state index contributed by atoms with van der Waals surface area (Å²) in [6.07, 6.45) is 3.79. The third kappa shape index (κ3) is 5.08. The van der Waals surface area contributed by atoms with Crippen LogP contribution in [0.4, 0.5) is 5.82 Å². The van der Waals surface area contributed by atoms with Crippen LogP contribution < -0.4 is 14.4 Å². The third-order valence-corrected chi connectivity index (χ3v) is 7.31. The third-order valence-electron chi connectivity index (χ3n) is 7.31. The number of amides is 1. The number of hydrogen-bond acceptors (Lipinski definition) is 6. The smallest absolute Gasteiger partial charge is 0.260 e. The van der Waals surface area contributed by atoms with Crippen LogP contribution in [0, 0.1) is 6.92 Å². The number of ether oxygens (including phenoxy) is 2. The largest absolute Gasteiger partial charge is 0.497 e. The summed E-state index contributed by atoms with van der Waals surface area (Å²) in [5.74, 6) is 2.25. The number of benzene rings is 3. The Morgan fingerprint density at radius 2 is 1.55 bits per heavy atom. The lowest BCUT2D eigenvalue weighted by Gasteiger charge is -2.35. The molecule has 1 aliphatic rings. The molecule has 0 N–H and O–H groups in total. The Balaban J connectivity index is 1.24. The Morgan fingerprint density at radius 1 is 0.850 bits per heavy atom. The second-order valence-corrected chi connectivity index (χ2v) is 9.84. The maximum atomic E-state index is 12.9. The Labute approximate surface area is 233 Å². The van der Waals surface area contributed by atoms with Crippen molar-refractivity contribution < 1.29 is 14.3 Å². The topological polar surface area (TPSA) is 72.7 Å². The van der Waals surface area contributed by atoms with E-state index in [0.717, 1.165) is 39.4 Å². The fourth-order valence-electron chi connectivity index (χ4n) is 5.10. The molecule has 1 saturated heterocycles. The molecule has 40 heavy (non-hydrogen) atoms. The predicted molar refractivity (Wildman–Crippen MR) is 156 cm³/mol. The first-order chi connectivity index (χ1) is 19.6. The van der Waals surface area contributed by atoms with Gasteiger partial charge in [-0.3, -0.25) is 4.79 Å². The first-order valence-electron chi connectivity index (χ1n) is 13.4. The van der Waals surface area contributed by atoms with Crippen molar-refractivity contribution in [1.29, 1.82) is 0 Å². The summed E-state index contributed by atoms with van der Waals surface area (Å²) < 4.78 is 13.0. The molecule has 0 unspecified atom stereocenters. The van der Waals surface area contributed by atoms with Gasteiger partial charge in [-0.25, -0.2) is 9.97 Å². The number of carbonyl (C=O) groups excluding carboxylic acids is 1. The molecule has 0 radical (unpaired) electrons. The molecular weight excluding hydrogens is 502 g/mol. The van der Waals surface area contributed by atoms with E-state index in [4.69, 9.17) is 19.4 Å². The number of fused-ring (bicyclic) bond motifs is 1. The zero-order valence-corrected chi connectivity index (χ0v) is 22.7. The highest BCUT2D eigenvalue weighted by atomic mass is 16.5. The number of hydrogen-bond donors (Lipinski definition) is 0. The van der Waals surface area contributed by atoms with E-state index in [2.05, 4.69) is 59.0 Å². The summed E-state index contributed by atoms with van der Waals surface area (Å²) in [5.41, 5.74) is 5.31. The normalized spacial score (nSPS) is 13.4. The van der Waals surface area contributed by atoms with Gasteiger partial charge >= 0.3 is 0 Å². The molecule has 2 aromatic heterocycles. The molecule has 3 heterocycles. The summed E-state index contributed by atoms with van der Waals surface area (Å²) in [4.78, 5) is 26.5. The standard InChI is InChI=1S/C32H31N5O3/c1-23-8-10-25(11-9-23)37-20-28(24-6-4-3-5-7-24)30-31(33-22-34-32(30)37)36-18-16-35(17-19-36)29(38)21-40-27-14-12-26(39-2)13-15-27/h3-15,20,22H,16-19,21H2,1-2H3. The van der Waals surface area contributed by atoms with E-state index in [1.54, 1.807) is 25.6 Å². The molecule has 0 atom stereocenters. The van der Waals surface area contributed by atoms with Crippen LogP contribution in [0.15, 0.2) is 91.4 Å². The Hall–Kier alpha value is -4.85. The maximum Gasteiger partial charge on any atom is 0.260 e. The zero-order valence-electron chi connectivity index (χ0n) is 22.7. The fraction of sp³-hybridized carbons (Fsp3) is 0.219. The van der Waals surface area contributed by atoms with Crippen LogP contribution in [-0.4, -0.2) is 65.2 Å². The summed E-state index contributed by atoms with van der Waals surface area (Å²) in [6, 6.07) is 26.0. The van der Waals surface area contributed by atoms with Gasteiger partial charge in [-0.1, -0.05) is 48.0 Å². The summed E-state index contributed by atoms with van der Waals surface area (Å²) in [5, 5.41) is 1.01. The van der Waals surface area contributed by atoms with Gasteiger partial charge in [0.2, 0.25) is 0 Å². The van der Waals surface area contributed by atoms with Crippen LogP contribution in [-0.2, 0) is 4.79 Å². The Bertz CT molecular complexity index is 1610. The van der Waals surface area contributed by atoms with Crippen molar-refractivity contribution in [3.63, 3.8) is 0 Å². The van der Waals surface area contributed by atoms with Crippen LogP contribution >= 0.6 is 0 Å². The van der Waals surface area contributed by atoms with Crippen LogP contribution in [0.1, 0.15) is 5.56 Å². The van der Waals surface area contributed by atoms with E-state index in [-0.39, 0.29) is 12.5 Å². The molecule has 0 bridgehead atoms. The molecule has 8 nitrogen and oxygen atoms in total. The fourth-order valence-corrected chi connectivity index (χ4v) is 5.10. The number of methoxy groups -OCH3 is 1. The minimum atomic E-state index is -0.0289. The van der Waals surface area contributed by atoms with Gasteiger partial charge in [-0.2, -0.15) is 0 Å². The molecular formula is C32H31N5O3. The second kappa shape index (κ2) is 11.1. The van der Waals surface area contributed by atoms with E-state index in [0.29, 0.717) is 31.9 Å². The molecule has 8 heteroatoms. The van der Waals surface area contributed by atoms with Crippen molar-refractivity contribution in [2.75, 3.05) is 44.8 Å². The summed E-state index contributed by atoms with van der Waals surface area (Å²) in [6.45, 7) is 4.62. The summed E-state index contributed by atoms with van der Waals surface area (Å²) >= 11 is 0. The van der Waals surface area contributed by atoms with E-state index in [9.17, 15) is 4.79 Å².